The second kappa shape index (κ2) is 9.94. The van der Waals surface area contributed by atoms with Gasteiger partial charge in [-0.15, -0.1) is 0 Å². The third-order valence-electron chi connectivity index (χ3n) is 4.73. The first-order chi connectivity index (χ1) is 13.6. The number of hydrogen-bond acceptors (Lipinski definition) is 6. The van der Waals surface area contributed by atoms with Crippen molar-refractivity contribution < 1.29 is 13.9 Å². The average Bonchev–Trinajstić information content (AvgIpc) is 2.72. The molecule has 0 spiro atoms. The molecule has 2 aromatic rings. The number of halogens is 1. The number of benzene rings is 1. The molecule has 0 unspecified atom stereocenters. The van der Waals surface area contributed by atoms with Gasteiger partial charge in [-0.25, -0.2) is 14.2 Å². The molecule has 7 heteroatoms. The van der Waals surface area contributed by atoms with E-state index in [-0.39, 0.29) is 5.82 Å². The summed E-state index contributed by atoms with van der Waals surface area (Å²) in [6.45, 7) is 2.88. The van der Waals surface area contributed by atoms with Crippen LogP contribution in [0.5, 0.6) is 0 Å². The molecule has 28 heavy (non-hydrogen) atoms. The van der Waals surface area contributed by atoms with Crippen molar-refractivity contribution in [3.63, 3.8) is 0 Å². The normalized spacial score (nSPS) is 17.6. The molecule has 0 aliphatic carbocycles. The monoisotopic (exact) mass is 384 g/mol. The molecule has 1 fully saturated rings. The predicted molar refractivity (Wildman–Crippen MR) is 106 cm³/mol. The molecular formula is C21H25FN4O2. The number of aromatic nitrogens is 2. The van der Waals surface area contributed by atoms with E-state index < -0.39 is 5.97 Å². The van der Waals surface area contributed by atoms with Crippen LogP contribution >= 0.6 is 0 Å². The quantitative estimate of drug-likeness (QED) is 0.585. The van der Waals surface area contributed by atoms with Crippen LogP contribution in [0.15, 0.2) is 42.7 Å². The van der Waals surface area contributed by atoms with E-state index in [0.717, 1.165) is 44.5 Å². The largest absolute Gasteiger partial charge is 0.466 e. The number of esters is 1. The van der Waals surface area contributed by atoms with Crippen molar-refractivity contribution in [3.8, 4) is 0 Å². The molecule has 1 atom stereocenters. The summed E-state index contributed by atoms with van der Waals surface area (Å²) in [5.74, 6) is 0.107. The number of nitrogens with one attached hydrogen (secondary N) is 1. The molecule has 1 saturated heterocycles. The molecule has 0 saturated carbocycles. The fraction of sp³-hybridized carbons (Fsp3) is 0.381. The third kappa shape index (κ3) is 6.13. The van der Waals surface area contributed by atoms with Crippen molar-refractivity contribution in [2.45, 2.75) is 25.3 Å². The Morgan fingerprint density at radius 3 is 3.04 bits per heavy atom. The molecule has 148 valence electrons. The highest BCUT2D eigenvalue weighted by Gasteiger charge is 2.20. The Bertz CT molecular complexity index is 810. The van der Waals surface area contributed by atoms with Crippen molar-refractivity contribution in [2.75, 3.05) is 32.1 Å². The van der Waals surface area contributed by atoms with E-state index in [1.165, 1.54) is 19.3 Å². The minimum atomic E-state index is -0.426. The highest BCUT2D eigenvalue weighted by atomic mass is 19.1. The van der Waals surface area contributed by atoms with Gasteiger partial charge in [0.1, 0.15) is 11.6 Å². The van der Waals surface area contributed by atoms with Gasteiger partial charge in [0, 0.05) is 25.2 Å². The first kappa shape index (κ1) is 19.9. The number of likely N-dealkylation sites (tertiary alicyclic amines) is 1. The van der Waals surface area contributed by atoms with Crippen LogP contribution in [-0.2, 0) is 16.0 Å². The number of hydrogen-bond donors (Lipinski definition) is 1. The zero-order valence-corrected chi connectivity index (χ0v) is 16.0. The maximum Gasteiger partial charge on any atom is 0.330 e. The fourth-order valence-corrected chi connectivity index (χ4v) is 3.29. The highest BCUT2D eigenvalue weighted by Crippen LogP contribution is 2.15. The molecular weight excluding hydrogens is 359 g/mol. The zero-order chi connectivity index (χ0) is 19.8. The lowest BCUT2D eigenvalue weighted by Gasteiger charge is -2.33. The third-order valence-corrected chi connectivity index (χ3v) is 4.73. The molecule has 6 nitrogen and oxygen atoms in total. The molecule has 1 aliphatic heterocycles. The molecule has 3 rings (SSSR count). The van der Waals surface area contributed by atoms with Crippen molar-refractivity contribution >= 4 is 17.9 Å². The number of nitrogens with zero attached hydrogens (tertiary/aromatic N) is 3. The Hall–Kier alpha value is -2.80. The first-order valence-electron chi connectivity index (χ1n) is 9.44. The van der Waals surface area contributed by atoms with E-state index in [4.69, 9.17) is 0 Å². The summed E-state index contributed by atoms with van der Waals surface area (Å²) in [5, 5.41) is 3.43. The molecule has 1 aliphatic rings. The summed E-state index contributed by atoms with van der Waals surface area (Å²) >= 11 is 0. The van der Waals surface area contributed by atoms with Crippen molar-refractivity contribution in [1.29, 1.82) is 0 Å². The summed E-state index contributed by atoms with van der Waals surface area (Å²) in [5.41, 5.74) is 1.62. The van der Waals surface area contributed by atoms with Crippen LogP contribution in [0.25, 0.3) is 6.08 Å². The molecule has 0 bridgehead atoms. The summed E-state index contributed by atoms with van der Waals surface area (Å²) in [6.07, 6.45) is 9.18. The van der Waals surface area contributed by atoms with Crippen LogP contribution in [0.1, 0.15) is 24.1 Å². The number of carbonyl (C=O) groups is 1. The highest BCUT2D eigenvalue weighted by molar-refractivity contribution is 5.86. The van der Waals surface area contributed by atoms with Crippen LogP contribution in [0.3, 0.4) is 0 Å². The number of rotatable bonds is 7. The first-order valence-corrected chi connectivity index (χ1v) is 9.44. The molecule has 2 heterocycles. The minimum absolute atomic E-state index is 0.181. The van der Waals surface area contributed by atoms with Crippen molar-refractivity contribution in [2.24, 2.45) is 0 Å². The Morgan fingerprint density at radius 2 is 2.29 bits per heavy atom. The molecule has 0 amide bonds. The van der Waals surface area contributed by atoms with Gasteiger partial charge in [0.15, 0.2) is 0 Å². The van der Waals surface area contributed by atoms with E-state index in [1.807, 2.05) is 6.07 Å². The van der Waals surface area contributed by atoms with Gasteiger partial charge >= 0.3 is 5.97 Å². The summed E-state index contributed by atoms with van der Waals surface area (Å²) < 4.78 is 17.9. The molecule has 1 aromatic heterocycles. The fourth-order valence-electron chi connectivity index (χ4n) is 3.29. The maximum atomic E-state index is 13.3. The number of anilines is 1. The van der Waals surface area contributed by atoms with E-state index >= 15 is 0 Å². The molecule has 1 aromatic carbocycles. The summed E-state index contributed by atoms with van der Waals surface area (Å²) in [7, 11) is 1.33. The Balaban J connectivity index is 1.49. The minimum Gasteiger partial charge on any atom is -0.466 e. The smallest absolute Gasteiger partial charge is 0.330 e. The second-order valence-corrected chi connectivity index (χ2v) is 6.85. The Labute approximate surface area is 164 Å². The number of carbonyl (C=O) groups excluding carboxylic acids is 1. The standard InChI is InChI=1S/C21H25FN4O2/c1-28-21(27)8-7-18-13-24-20(14-23-18)25-19-6-3-10-26(15-19)11-9-16-4-2-5-17(22)12-16/h2,4-5,7-8,12-14,19H,3,6,9-11,15H2,1H3,(H,24,25)/t19-/m1/s1. The molecule has 1 N–H and O–H groups in total. The van der Waals surface area contributed by atoms with Gasteiger partial charge in [0.2, 0.25) is 0 Å². The lowest BCUT2D eigenvalue weighted by atomic mass is 10.0. The van der Waals surface area contributed by atoms with Gasteiger partial charge < -0.3 is 15.0 Å². The van der Waals surface area contributed by atoms with E-state index in [2.05, 4.69) is 24.9 Å². The second-order valence-electron chi connectivity index (χ2n) is 6.85. The Kier molecular flexibility index (Phi) is 7.08. The van der Waals surface area contributed by atoms with Gasteiger partial charge in [-0.05, 0) is 49.6 Å². The number of methoxy groups -OCH3 is 1. The van der Waals surface area contributed by atoms with Gasteiger partial charge in [0.05, 0.1) is 25.2 Å². The predicted octanol–water partition coefficient (Wildman–Crippen LogP) is 2.92. The van der Waals surface area contributed by atoms with E-state index in [1.54, 1.807) is 30.6 Å². The van der Waals surface area contributed by atoms with Crippen LogP contribution in [-0.4, -0.2) is 53.6 Å². The average molecular weight is 384 g/mol. The van der Waals surface area contributed by atoms with Crippen molar-refractivity contribution in [1.82, 2.24) is 14.9 Å². The van der Waals surface area contributed by atoms with Gasteiger partial charge in [-0.1, -0.05) is 12.1 Å². The Morgan fingerprint density at radius 1 is 1.39 bits per heavy atom. The molecule has 0 radical (unpaired) electrons. The zero-order valence-electron chi connectivity index (χ0n) is 16.0. The lowest BCUT2D eigenvalue weighted by molar-refractivity contribution is -0.134. The number of ether oxygens (including phenoxy) is 1. The van der Waals surface area contributed by atoms with E-state index in [9.17, 15) is 9.18 Å². The lowest BCUT2D eigenvalue weighted by Crippen LogP contribution is -2.43. The van der Waals surface area contributed by atoms with Gasteiger partial charge in [-0.2, -0.15) is 0 Å². The van der Waals surface area contributed by atoms with E-state index in [0.29, 0.717) is 17.6 Å². The number of piperidine rings is 1. The maximum absolute atomic E-state index is 13.3. The van der Waals surface area contributed by atoms with Gasteiger partial charge in [0.25, 0.3) is 0 Å². The van der Waals surface area contributed by atoms with Crippen molar-refractivity contribution in [3.05, 3.63) is 59.8 Å². The van der Waals surface area contributed by atoms with Gasteiger partial charge in [-0.3, -0.25) is 4.98 Å². The van der Waals surface area contributed by atoms with Crippen LogP contribution in [0.4, 0.5) is 10.2 Å². The summed E-state index contributed by atoms with van der Waals surface area (Å²) in [6, 6.07) is 7.10. The summed E-state index contributed by atoms with van der Waals surface area (Å²) in [4.78, 5) is 22.2. The van der Waals surface area contributed by atoms with Crippen LogP contribution in [0, 0.1) is 5.82 Å². The van der Waals surface area contributed by atoms with Crippen LogP contribution in [0.2, 0.25) is 0 Å². The SMILES string of the molecule is COC(=O)C=Cc1cnc(N[C@@H]2CCCN(CCc3cccc(F)c3)C2)cn1. The van der Waals surface area contributed by atoms with Crippen LogP contribution < -0.4 is 5.32 Å². The topological polar surface area (TPSA) is 67.3 Å².